The van der Waals surface area contributed by atoms with Gasteiger partial charge in [0.05, 0.1) is 0 Å². The van der Waals surface area contributed by atoms with Crippen LogP contribution in [0.5, 0.6) is 0 Å². The highest BCUT2D eigenvalue weighted by atomic mass is 15.0. The fourth-order valence-electron chi connectivity index (χ4n) is 3.55. The van der Waals surface area contributed by atoms with Crippen LogP contribution in [0.1, 0.15) is 11.1 Å². The molecule has 0 N–H and O–H groups in total. The second kappa shape index (κ2) is 4.31. The van der Waals surface area contributed by atoms with Crippen molar-refractivity contribution in [2.75, 3.05) is 0 Å². The van der Waals surface area contributed by atoms with Gasteiger partial charge in [-0.1, -0.05) is 54.6 Å². The molecule has 4 aromatic rings. The highest BCUT2D eigenvalue weighted by Gasteiger charge is 2.24. The maximum absolute atomic E-state index is 4.60. The second-order valence-corrected chi connectivity index (χ2v) is 5.75. The largest absolute Gasteiger partial charge is 0.306 e. The number of nitrogens with zero attached hydrogens (tertiary/aromatic N) is 2. The summed E-state index contributed by atoms with van der Waals surface area (Å²) in [7, 11) is 0. The van der Waals surface area contributed by atoms with Gasteiger partial charge in [0, 0.05) is 29.7 Å². The van der Waals surface area contributed by atoms with Crippen LogP contribution in [0.15, 0.2) is 73.2 Å². The van der Waals surface area contributed by atoms with Gasteiger partial charge >= 0.3 is 0 Å². The molecule has 104 valence electrons. The van der Waals surface area contributed by atoms with Crippen molar-refractivity contribution in [2.45, 2.75) is 6.42 Å². The quantitative estimate of drug-likeness (QED) is 0.440. The molecule has 2 aromatic carbocycles. The Balaban J connectivity index is 1.91. The zero-order chi connectivity index (χ0) is 14.5. The summed E-state index contributed by atoms with van der Waals surface area (Å²) in [6, 6.07) is 19.3. The van der Waals surface area contributed by atoms with E-state index in [-0.39, 0.29) is 0 Å². The van der Waals surface area contributed by atoms with Crippen LogP contribution < -0.4 is 0 Å². The zero-order valence-electron chi connectivity index (χ0n) is 12.0. The Hall–Kier alpha value is -2.87. The molecule has 2 heterocycles. The van der Waals surface area contributed by atoms with Gasteiger partial charge in [-0.2, -0.15) is 0 Å². The van der Waals surface area contributed by atoms with Crippen LogP contribution in [0, 0.1) is 0 Å². The monoisotopic (exact) mass is 282 g/mol. The van der Waals surface area contributed by atoms with Crippen molar-refractivity contribution >= 4 is 5.65 Å². The number of rotatable bonds is 1. The molecule has 0 fully saturated rings. The Morgan fingerprint density at radius 1 is 0.864 bits per heavy atom. The molecule has 0 spiro atoms. The van der Waals surface area contributed by atoms with Crippen LogP contribution in [-0.2, 0) is 6.42 Å². The van der Waals surface area contributed by atoms with Crippen molar-refractivity contribution in [1.82, 2.24) is 9.38 Å². The minimum atomic E-state index is 0.985. The molecule has 2 aromatic heterocycles. The zero-order valence-corrected chi connectivity index (χ0v) is 12.0. The van der Waals surface area contributed by atoms with E-state index in [1.165, 1.54) is 33.4 Å². The van der Waals surface area contributed by atoms with Crippen molar-refractivity contribution in [3.63, 3.8) is 0 Å². The first-order valence-corrected chi connectivity index (χ1v) is 7.54. The third kappa shape index (κ3) is 1.52. The van der Waals surface area contributed by atoms with Crippen LogP contribution in [0.25, 0.3) is 27.9 Å². The molecule has 0 saturated heterocycles. The number of imidazole rings is 1. The van der Waals surface area contributed by atoms with Crippen molar-refractivity contribution < 1.29 is 0 Å². The predicted molar refractivity (Wildman–Crippen MR) is 88.9 cm³/mol. The molecule has 0 unspecified atom stereocenters. The number of benzene rings is 2. The number of hydrogen-bond acceptors (Lipinski definition) is 1. The summed E-state index contributed by atoms with van der Waals surface area (Å²) in [5.74, 6) is 0. The lowest BCUT2D eigenvalue weighted by Gasteiger charge is -2.11. The standard InChI is InChI=1S/C20H14N2/c1-2-6-14(7-3-1)19-17-12-15-8-4-5-9-16(15)18(17)13-22-11-10-21-20(19)22/h1-11,13H,12H2. The highest BCUT2D eigenvalue weighted by Crippen LogP contribution is 2.42. The van der Waals surface area contributed by atoms with Crippen LogP contribution in [0.3, 0.4) is 0 Å². The number of pyridine rings is 1. The van der Waals surface area contributed by atoms with Gasteiger partial charge in [-0.05, 0) is 28.7 Å². The number of hydrogen-bond donors (Lipinski definition) is 0. The molecule has 1 aliphatic carbocycles. The molecule has 2 heteroatoms. The molecule has 0 bridgehead atoms. The Labute approximate surface area is 128 Å². The lowest BCUT2D eigenvalue weighted by Crippen LogP contribution is -1.95. The molecule has 1 aliphatic rings. The molecule has 0 atom stereocenters. The summed E-state index contributed by atoms with van der Waals surface area (Å²) in [5, 5.41) is 0. The summed E-state index contributed by atoms with van der Waals surface area (Å²) in [6.07, 6.45) is 7.11. The molecule has 5 rings (SSSR count). The average molecular weight is 282 g/mol. The number of fused-ring (bicyclic) bond motifs is 4. The summed E-state index contributed by atoms with van der Waals surface area (Å²) in [6.45, 7) is 0. The third-order valence-corrected chi connectivity index (χ3v) is 4.52. The van der Waals surface area contributed by atoms with Crippen LogP contribution in [0.4, 0.5) is 0 Å². The molecule has 22 heavy (non-hydrogen) atoms. The van der Waals surface area contributed by atoms with E-state index >= 15 is 0 Å². The van der Waals surface area contributed by atoms with E-state index in [1.807, 2.05) is 12.4 Å². The van der Waals surface area contributed by atoms with E-state index in [0.717, 1.165) is 12.1 Å². The van der Waals surface area contributed by atoms with E-state index in [0.29, 0.717) is 0 Å². The fourth-order valence-corrected chi connectivity index (χ4v) is 3.55. The fraction of sp³-hybridized carbons (Fsp3) is 0.0500. The third-order valence-electron chi connectivity index (χ3n) is 4.52. The predicted octanol–water partition coefficient (Wildman–Crippen LogP) is 4.57. The van der Waals surface area contributed by atoms with Gasteiger partial charge in [-0.25, -0.2) is 4.98 Å². The highest BCUT2D eigenvalue weighted by molar-refractivity contribution is 5.90. The second-order valence-electron chi connectivity index (χ2n) is 5.75. The van der Waals surface area contributed by atoms with Crippen molar-refractivity contribution in [2.24, 2.45) is 0 Å². The normalized spacial score (nSPS) is 12.4. The summed E-state index contributed by atoms with van der Waals surface area (Å²) in [5.41, 5.74) is 9.03. The van der Waals surface area contributed by atoms with Crippen LogP contribution in [0.2, 0.25) is 0 Å². The van der Waals surface area contributed by atoms with Gasteiger partial charge < -0.3 is 4.40 Å². The molecule has 2 nitrogen and oxygen atoms in total. The van der Waals surface area contributed by atoms with E-state index < -0.39 is 0 Å². The van der Waals surface area contributed by atoms with Gasteiger partial charge in [-0.15, -0.1) is 0 Å². The minimum Gasteiger partial charge on any atom is -0.306 e. The van der Waals surface area contributed by atoms with Crippen molar-refractivity contribution in [3.8, 4) is 22.3 Å². The molecule has 0 aliphatic heterocycles. The van der Waals surface area contributed by atoms with Gasteiger partial charge in [0.1, 0.15) is 5.65 Å². The van der Waals surface area contributed by atoms with Crippen LogP contribution in [-0.4, -0.2) is 9.38 Å². The van der Waals surface area contributed by atoms with E-state index in [2.05, 4.69) is 70.2 Å². The van der Waals surface area contributed by atoms with Gasteiger partial charge in [0.2, 0.25) is 0 Å². The SMILES string of the molecule is c1ccc(-c2c3c(cn4ccnc24)-c2ccccc2C3)cc1. The Morgan fingerprint density at radius 3 is 2.59 bits per heavy atom. The van der Waals surface area contributed by atoms with Crippen molar-refractivity contribution in [3.05, 3.63) is 84.3 Å². The average Bonchev–Trinajstić information content (AvgIpc) is 3.17. The molecule has 0 radical (unpaired) electrons. The lowest BCUT2D eigenvalue weighted by atomic mass is 9.98. The lowest BCUT2D eigenvalue weighted by molar-refractivity contribution is 1.17. The molecular weight excluding hydrogens is 268 g/mol. The Morgan fingerprint density at radius 2 is 1.68 bits per heavy atom. The smallest absolute Gasteiger partial charge is 0.144 e. The van der Waals surface area contributed by atoms with E-state index in [9.17, 15) is 0 Å². The van der Waals surface area contributed by atoms with E-state index in [4.69, 9.17) is 0 Å². The topological polar surface area (TPSA) is 17.3 Å². The first-order valence-electron chi connectivity index (χ1n) is 7.54. The summed E-state index contributed by atoms with van der Waals surface area (Å²) >= 11 is 0. The van der Waals surface area contributed by atoms with Gasteiger partial charge in [0.15, 0.2) is 0 Å². The molecular formula is C20H14N2. The van der Waals surface area contributed by atoms with E-state index in [1.54, 1.807) is 0 Å². The van der Waals surface area contributed by atoms with Gasteiger partial charge in [0.25, 0.3) is 0 Å². The Bertz CT molecular complexity index is 997. The Kier molecular flexibility index (Phi) is 2.30. The van der Waals surface area contributed by atoms with Gasteiger partial charge in [-0.3, -0.25) is 0 Å². The summed E-state index contributed by atoms with van der Waals surface area (Å²) in [4.78, 5) is 4.60. The molecule has 0 amide bonds. The van der Waals surface area contributed by atoms with Crippen molar-refractivity contribution in [1.29, 1.82) is 0 Å². The first kappa shape index (κ1) is 11.8. The molecule has 0 saturated carbocycles. The first-order chi connectivity index (χ1) is 10.9. The van der Waals surface area contributed by atoms with Crippen LogP contribution >= 0.6 is 0 Å². The minimum absolute atomic E-state index is 0.985. The maximum atomic E-state index is 4.60. The summed E-state index contributed by atoms with van der Waals surface area (Å²) < 4.78 is 2.14. The number of aromatic nitrogens is 2. The maximum Gasteiger partial charge on any atom is 0.144 e.